The van der Waals surface area contributed by atoms with Gasteiger partial charge in [-0.05, 0) is 42.2 Å². The van der Waals surface area contributed by atoms with E-state index in [0.29, 0.717) is 11.1 Å². The highest BCUT2D eigenvalue weighted by molar-refractivity contribution is 6.15. The van der Waals surface area contributed by atoms with Gasteiger partial charge >= 0.3 is 0 Å². The Balaban J connectivity index is 1.59. The van der Waals surface area contributed by atoms with Crippen molar-refractivity contribution in [2.24, 2.45) is 0 Å². The van der Waals surface area contributed by atoms with E-state index in [4.69, 9.17) is 9.47 Å². The van der Waals surface area contributed by atoms with Crippen molar-refractivity contribution < 1.29 is 36.2 Å². The van der Waals surface area contributed by atoms with Crippen LogP contribution in [-0.2, 0) is 13.0 Å². The van der Waals surface area contributed by atoms with Crippen LogP contribution in [0.25, 0.3) is 6.08 Å². The Labute approximate surface area is 186 Å². The van der Waals surface area contributed by atoms with Crippen LogP contribution in [0.4, 0.5) is 22.0 Å². The molecule has 0 atom stereocenters. The molecule has 0 radical (unpaired) electrons. The average Bonchev–Trinajstić information content (AvgIpc) is 3.12. The van der Waals surface area contributed by atoms with Crippen molar-refractivity contribution >= 4 is 11.9 Å². The number of benzene rings is 3. The number of allylic oxidation sites excluding steroid dienone is 1. The molecule has 1 heterocycles. The quantitative estimate of drug-likeness (QED) is 0.190. The molecule has 0 saturated heterocycles. The van der Waals surface area contributed by atoms with Crippen LogP contribution in [0.3, 0.4) is 0 Å². The van der Waals surface area contributed by atoms with E-state index in [1.165, 1.54) is 12.1 Å². The fraction of sp³-hybridized carbons (Fsp3) is 0.160. The number of carbonyl (C=O) groups excluding carboxylic acids is 1. The summed E-state index contributed by atoms with van der Waals surface area (Å²) in [7, 11) is 0. The summed E-state index contributed by atoms with van der Waals surface area (Å²) in [5.74, 6) is -10.3. The largest absolute Gasteiger partial charge is 0.489 e. The van der Waals surface area contributed by atoms with Gasteiger partial charge in [-0.1, -0.05) is 31.2 Å². The third-order valence-corrected chi connectivity index (χ3v) is 5.31. The Morgan fingerprint density at radius 2 is 1.52 bits per heavy atom. The maximum atomic E-state index is 13.9. The first-order valence-corrected chi connectivity index (χ1v) is 10.0. The number of ether oxygens (including phenoxy) is 2. The Morgan fingerprint density at radius 1 is 0.909 bits per heavy atom. The average molecular weight is 460 g/mol. The van der Waals surface area contributed by atoms with Crippen LogP contribution >= 0.6 is 0 Å². The van der Waals surface area contributed by atoms with Crippen molar-refractivity contribution in [1.29, 1.82) is 0 Å². The molecule has 0 saturated carbocycles. The molecular weight excluding hydrogens is 443 g/mol. The van der Waals surface area contributed by atoms with Crippen LogP contribution in [-0.4, -0.2) is 5.78 Å². The van der Waals surface area contributed by atoms with Gasteiger partial charge in [-0.2, -0.15) is 0 Å². The number of ketones is 1. The van der Waals surface area contributed by atoms with Crippen molar-refractivity contribution in [1.82, 2.24) is 0 Å². The molecule has 0 spiro atoms. The molecule has 0 N–H and O–H groups in total. The summed E-state index contributed by atoms with van der Waals surface area (Å²) in [4.78, 5) is 12.8. The summed E-state index contributed by atoms with van der Waals surface area (Å²) in [5, 5.41) is 0. The van der Waals surface area contributed by atoms with E-state index in [1.807, 2.05) is 31.2 Å². The van der Waals surface area contributed by atoms with Crippen LogP contribution in [0.2, 0.25) is 0 Å². The summed E-state index contributed by atoms with van der Waals surface area (Å²) in [6.07, 6.45) is 2.47. The highest BCUT2D eigenvalue weighted by atomic mass is 19.2. The topological polar surface area (TPSA) is 35.5 Å². The third-order valence-electron chi connectivity index (χ3n) is 5.31. The van der Waals surface area contributed by atoms with Crippen molar-refractivity contribution in [3.05, 3.63) is 99.1 Å². The number of carbonyl (C=O) groups is 1. The second-order valence-electron chi connectivity index (χ2n) is 7.49. The number of Topliss-reactive ketones (excluding diaryl/α,β-unsaturated/α-hetero) is 1. The number of fused-ring (bicyclic) bond motifs is 1. The lowest BCUT2D eigenvalue weighted by Crippen LogP contribution is -2.10. The Hall–Kier alpha value is -3.68. The van der Waals surface area contributed by atoms with Crippen LogP contribution in [0, 0.1) is 36.0 Å². The molecule has 0 aliphatic carbocycles. The fourth-order valence-corrected chi connectivity index (χ4v) is 3.49. The number of hydrogen-bond acceptors (Lipinski definition) is 3. The van der Waals surface area contributed by atoms with Gasteiger partial charge in [0, 0.05) is 6.07 Å². The zero-order valence-corrected chi connectivity index (χ0v) is 17.6. The smallest absolute Gasteiger partial charge is 0.232 e. The van der Waals surface area contributed by atoms with E-state index < -0.39 is 41.3 Å². The minimum absolute atomic E-state index is 0.0385. The number of hydrogen-bond donors (Lipinski definition) is 0. The number of aryl methyl sites for hydroxylation is 2. The summed E-state index contributed by atoms with van der Waals surface area (Å²) in [5.41, 5.74) is 1.58. The molecule has 0 bridgehead atoms. The van der Waals surface area contributed by atoms with Gasteiger partial charge < -0.3 is 9.47 Å². The molecule has 3 aromatic rings. The summed E-state index contributed by atoms with van der Waals surface area (Å²) >= 11 is 0. The number of halogens is 5. The Kier molecular flexibility index (Phi) is 5.93. The highest BCUT2D eigenvalue weighted by Crippen LogP contribution is 2.38. The van der Waals surface area contributed by atoms with Crippen molar-refractivity contribution in [2.75, 3.05) is 0 Å². The molecule has 3 nitrogen and oxygen atoms in total. The lowest BCUT2D eigenvalue weighted by Gasteiger charge is -2.11. The van der Waals surface area contributed by atoms with E-state index in [2.05, 4.69) is 0 Å². The molecular formula is C25H17F5O3. The van der Waals surface area contributed by atoms with Gasteiger partial charge in [-0.25, -0.2) is 22.0 Å². The second kappa shape index (κ2) is 8.69. The minimum atomic E-state index is -2.24. The third kappa shape index (κ3) is 4.08. The Morgan fingerprint density at radius 3 is 2.12 bits per heavy atom. The van der Waals surface area contributed by atoms with E-state index in [9.17, 15) is 26.7 Å². The van der Waals surface area contributed by atoms with Crippen molar-refractivity contribution in [3.63, 3.8) is 0 Å². The van der Waals surface area contributed by atoms with Crippen molar-refractivity contribution in [2.45, 2.75) is 26.9 Å². The van der Waals surface area contributed by atoms with E-state index in [1.54, 1.807) is 13.0 Å². The fourth-order valence-electron chi connectivity index (χ4n) is 3.49. The lowest BCUT2D eigenvalue weighted by atomic mass is 10.0. The molecule has 0 amide bonds. The molecule has 1 aliphatic heterocycles. The summed E-state index contributed by atoms with van der Waals surface area (Å²) in [6, 6.07) is 10.3. The van der Waals surface area contributed by atoms with Gasteiger partial charge in [-0.15, -0.1) is 0 Å². The van der Waals surface area contributed by atoms with Gasteiger partial charge in [0.2, 0.25) is 11.6 Å². The summed E-state index contributed by atoms with van der Waals surface area (Å²) < 4.78 is 78.7. The highest BCUT2D eigenvalue weighted by Gasteiger charge is 2.30. The molecule has 0 fully saturated rings. The van der Waals surface area contributed by atoms with Gasteiger partial charge in [0.15, 0.2) is 29.0 Å². The molecule has 33 heavy (non-hydrogen) atoms. The van der Waals surface area contributed by atoms with Crippen LogP contribution in [0.15, 0.2) is 42.2 Å². The van der Waals surface area contributed by atoms with E-state index >= 15 is 0 Å². The molecule has 8 heteroatoms. The normalized spacial score (nSPS) is 13.9. The van der Waals surface area contributed by atoms with Gasteiger partial charge in [-0.3, -0.25) is 4.79 Å². The monoisotopic (exact) mass is 460 g/mol. The zero-order valence-electron chi connectivity index (χ0n) is 17.6. The minimum Gasteiger partial charge on any atom is -0.489 e. The summed E-state index contributed by atoms with van der Waals surface area (Å²) in [6.45, 7) is 2.73. The Bertz CT molecular complexity index is 1270. The van der Waals surface area contributed by atoms with E-state index in [0.717, 1.165) is 17.5 Å². The first kappa shape index (κ1) is 22.5. The molecule has 3 aromatic carbocycles. The van der Waals surface area contributed by atoms with Gasteiger partial charge in [0.05, 0.1) is 11.1 Å². The van der Waals surface area contributed by atoms with Crippen LogP contribution < -0.4 is 9.47 Å². The molecule has 0 unspecified atom stereocenters. The molecule has 1 aliphatic rings. The van der Waals surface area contributed by atoms with Crippen molar-refractivity contribution in [3.8, 4) is 11.5 Å². The second-order valence-corrected chi connectivity index (χ2v) is 7.49. The zero-order chi connectivity index (χ0) is 23.9. The predicted molar refractivity (Wildman–Crippen MR) is 110 cm³/mol. The predicted octanol–water partition coefficient (Wildman–Crippen LogP) is 6.45. The first-order chi connectivity index (χ1) is 15.7. The lowest BCUT2D eigenvalue weighted by molar-refractivity contribution is 0.101. The van der Waals surface area contributed by atoms with Crippen LogP contribution in [0.1, 0.15) is 39.5 Å². The maximum Gasteiger partial charge on any atom is 0.232 e. The van der Waals surface area contributed by atoms with Gasteiger partial charge in [0.1, 0.15) is 18.1 Å². The van der Waals surface area contributed by atoms with E-state index in [-0.39, 0.29) is 23.0 Å². The van der Waals surface area contributed by atoms with Crippen LogP contribution in [0.5, 0.6) is 11.5 Å². The maximum absolute atomic E-state index is 13.9. The molecule has 0 aromatic heterocycles. The first-order valence-electron chi connectivity index (χ1n) is 10.0. The molecule has 170 valence electrons. The standard InChI is InChI=1S/C25H17F5O3/c1-3-13-4-6-14(7-5-13)9-18-25(31)19-12(2)8-15(10-17(19)33-18)32-11-16-20(26)22(28)24(30)23(29)21(16)27/h4-10H,3,11H2,1-2H3/b18-9-. The molecule has 4 rings (SSSR count). The van der Waals surface area contributed by atoms with Gasteiger partial charge in [0.25, 0.3) is 0 Å². The SMILES string of the molecule is CCc1ccc(/C=C2\Oc3cc(OCc4c(F)c(F)c(F)c(F)c4F)cc(C)c3C2=O)cc1. The number of rotatable bonds is 5.